The van der Waals surface area contributed by atoms with Gasteiger partial charge in [-0.05, 0) is 35.8 Å². The topological polar surface area (TPSA) is 46.2 Å². The Labute approximate surface area is 140 Å². The summed E-state index contributed by atoms with van der Waals surface area (Å²) in [5.41, 5.74) is 1.80. The van der Waals surface area contributed by atoms with E-state index in [0.29, 0.717) is 6.42 Å². The highest BCUT2D eigenvalue weighted by molar-refractivity contribution is 9.10. The first kappa shape index (κ1) is 16.9. The highest BCUT2D eigenvalue weighted by Crippen LogP contribution is 2.20. The van der Waals surface area contributed by atoms with Crippen LogP contribution >= 0.6 is 15.9 Å². The van der Waals surface area contributed by atoms with E-state index < -0.39 is 10.0 Å². The van der Waals surface area contributed by atoms with E-state index in [2.05, 4.69) is 20.7 Å². The second kappa shape index (κ2) is 7.72. The Bertz CT molecular complexity index is 725. The van der Waals surface area contributed by atoms with Crippen LogP contribution in [0.5, 0.6) is 0 Å². The second-order valence-electron chi connectivity index (χ2n) is 4.89. The van der Waals surface area contributed by atoms with Gasteiger partial charge in [-0.2, -0.15) is 0 Å². The third-order valence-electron chi connectivity index (χ3n) is 3.23. The van der Waals surface area contributed by atoms with E-state index in [0.717, 1.165) is 15.6 Å². The Morgan fingerprint density at radius 1 is 1.09 bits per heavy atom. The number of hydrogen-bond acceptors (Lipinski definition) is 2. The Hall–Kier alpha value is -1.43. The molecule has 0 saturated heterocycles. The molecule has 2 aromatic carbocycles. The quantitative estimate of drug-likeness (QED) is 0.803. The van der Waals surface area contributed by atoms with Gasteiger partial charge in [-0.25, -0.2) is 13.1 Å². The monoisotopic (exact) mass is 379 g/mol. The van der Waals surface area contributed by atoms with E-state index in [1.54, 1.807) is 6.08 Å². The van der Waals surface area contributed by atoms with Crippen LogP contribution in [-0.4, -0.2) is 8.42 Å². The van der Waals surface area contributed by atoms with E-state index >= 15 is 0 Å². The van der Waals surface area contributed by atoms with Gasteiger partial charge >= 0.3 is 0 Å². The molecule has 0 heterocycles. The molecule has 2 aromatic rings. The van der Waals surface area contributed by atoms with Gasteiger partial charge in [-0.15, -0.1) is 0 Å². The van der Waals surface area contributed by atoms with Crippen molar-refractivity contribution in [1.82, 2.24) is 4.72 Å². The molecule has 0 amide bonds. The molecule has 0 aliphatic heterocycles. The molecule has 0 bridgehead atoms. The lowest BCUT2D eigenvalue weighted by molar-refractivity contribution is 0.558. The number of nitrogens with one attached hydrogen (secondary N) is 1. The van der Waals surface area contributed by atoms with Crippen molar-refractivity contribution < 1.29 is 8.42 Å². The first-order valence-electron chi connectivity index (χ1n) is 7.01. The molecule has 0 radical (unpaired) electrons. The molecule has 0 unspecified atom stereocenters. The average Bonchev–Trinajstić information content (AvgIpc) is 2.53. The molecular formula is C17H18BrNO2S. The molecule has 0 saturated carbocycles. The second-order valence-corrected chi connectivity index (χ2v) is 7.40. The highest BCUT2D eigenvalue weighted by atomic mass is 79.9. The minimum Gasteiger partial charge on any atom is -0.208 e. The van der Waals surface area contributed by atoms with Gasteiger partial charge in [0, 0.05) is 15.9 Å². The molecule has 3 nitrogen and oxygen atoms in total. The van der Waals surface area contributed by atoms with Crippen LogP contribution in [-0.2, 0) is 10.0 Å². The predicted molar refractivity (Wildman–Crippen MR) is 94.7 cm³/mol. The molecule has 0 aliphatic carbocycles. The van der Waals surface area contributed by atoms with E-state index in [9.17, 15) is 8.42 Å². The smallest absolute Gasteiger partial charge is 0.208 e. The fraction of sp³-hybridized carbons (Fsp3) is 0.176. The summed E-state index contributed by atoms with van der Waals surface area (Å²) in [6.07, 6.45) is 2.27. The van der Waals surface area contributed by atoms with Crippen LogP contribution in [0.25, 0.3) is 6.08 Å². The number of sulfonamides is 1. The van der Waals surface area contributed by atoms with Crippen LogP contribution in [0.1, 0.15) is 30.5 Å². The largest absolute Gasteiger partial charge is 0.234 e. The van der Waals surface area contributed by atoms with Crippen molar-refractivity contribution >= 4 is 32.0 Å². The summed E-state index contributed by atoms with van der Waals surface area (Å²) in [5.74, 6) is 0. The standard InChI is InChI=1S/C17H18BrNO2S/c1-2-17(15-8-10-16(18)11-9-15)19-22(20,21)13-12-14-6-4-3-5-7-14/h3-13,17,19H,2H2,1H3/b13-12+/t17-/m1/s1. The Kier molecular flexibility index (Phi) is 5.94. The van der Waals surface area contributed by atoms with E-state index in [1.807, 2.05) is 61.5 Å². The summed E-state index contributed by atoms with van der Waals surface area (Å²) >= 11 is 3.38. The molecule has 22 heavy (non-hydrogen) atoms. The van der Waals surface area contributed by atoms with Gasteiger partial charge in [0.25, 0.3) is 0 Å². The third kappa shape index (κ3) is 5.09. The summed E-state index contributed by atoms with van der Waals surface area (Å²) < 4.78 is 28.1. The van der Waals surface area contributed by atoms with Gasteiger partial charge in [-0.3, -0.25) is 0 Å². The zero-order valence-corrected chi connectivity index (χ0v) is 14.6. The van der Waals surface area contributed by atoms with Crippen LogP contribution in [0, 0.1) is 0 Å². The molecule has 0 aliphatic rings. The normalized spacial score (nSPS) is 13.4. The number of hydrogen-bond donors (Lipinski definition) is 1. The van der Waals surface area contributed by atoms with Gasteiger partial charge in [0.1, 0.15) is 0 Å². The number of benzene rings is 2. The number of rotatable bonds is 6. The van der Waals surface area contributed by atoms with Crippen LogP contribution in [0.15, 0.2) is 64.5 Å². The molecule has 0 spiro atoms. The zero-order valence-electron chi connectivity index (χ0n) is 12.2. The molecule has 1 N–H and O–H groups in total. The fourth-order valence-electron chi connectivity index (χ4n) is 2.05. The van der Waals surface area contributed by atoms with Crippen LogP contribution in [0.4, 0.5) is 0 Å². The predicted octanol–water partition coefficient (Wildman–Crippen LogP) is 4.49. The van der Waals surface area contributed by atoms with Gasteiger partial charge in [0.05, 0.1) is 0 Å². The van der Waals surface area contributed by atoms with Gasteiger partial charge in [0.2, 0.25) is 10.0 Å². The molecule has 5 heteroatoms. The summed E-state index contributed by atoms with van der Waals surface area (Å²) in [6, 6.07) is 16.8. The van der Waals surface area contributed by atoms with Crippen LogP contribution in [0.3, 0.4) is 0 Å². The van der Waals surface area contributed by atoms with Crippen molar-refractivity contribution in [2.75, 3.05) is 0 Å². The van der Waals surface area contributed by atoms with E-state index in [4.69, 9.17) is 0 Å². The van der Waals surface area contributed by atoms with Gasteiger partial charge in [0.15, 0.2) is 0 Å². The lowest BCUT2D eigenvalue weighted by Gasteiger charge is -2.16. The molecule has 116 valence electrons. The maximum absolute atomic E-state index is 12.2. The Balaban J connectivity index is 2.12. The van der Waals surface area contributed by atoms with Crippen LogP contribution < -0.4 is 4.72 Å². The Morgan fingerprint density at radius 3 is 2.32 bits per heavy atom. The zero-order chi connectivity index (χ0) is 16.0. The summed E-state index contributed by atoms with van der Waals surface area (Å²) in [5, 5.41) is 1.21. The number of halogens is 1. The highest BCUT2D eigenvalue weighted by Gasteiger charge is 2.15. The first-order chi connectivity index (χ1) is 10.5. The minimum atomic E-state index is -3.49. The van der Waals surface area contributed by atoms with Crippen molar-refractivity contribution in [3.8, 4) is 0 Å². The van der Waals surface area contributed by atoms with E-state index in [-0.39, 0.29) is 6.04 Å². The lowest BCUT2D eigenvalue weighted by atomic mass is 10.1. The van der Waals surface area contributed by atoms with Crippen molar-refractivity contribution in [3.63, 3.8) is 0 Å². The van der Waals surface area contributed by atoms with Crippen molar-refractivity contribution in [3.05, 3.63) is 75.6 Å². The van der Waals surface area contributed by atoms with Gasteiger partial charge in [-0.1, -0.05) is 65.3 Å². The van der Waals surface area contributed by atoms with Crippen LogP contribution in [0.2, 0.25) is 0 Å². The summed E-state index contributed by atoms with van der Waals surface area (Å²) in [4.78, 5) is 0. The minimum absolute atomic E-state index is 0.237. The molecule has 0 fully saturated rings. The first-order valence-corrected chi connectivity index (χ1v) is 9.35. The fourth-order valence-corrected chi connectivity index (χ4v) is 3.43. The molecule has 1 atom stereocenters. The molecule has 2 rings (SSSR count). The average molecular weight is 380 g/mol. The maximum atomic E-state index is 12.2. The lowest BCUT2D eigenvalue weighted by Crippen LogP contribution is -2.26. The SMILES string of the molecule is CC[C@@H](NS(=O)(=O)/C=C/c1ccccc1)c1ccc(Br)cc1. The van der Waals surface area contributed by atoms with E-state index in [1.165, 1.54) is 5.41 Å². The summed E-state index contributed by atoms with van der Waals surface area (Å²) in [6.45, 7) is 1.95. The van der Waals surface area contributed by atoms with Crippen molar-refractivity contribution in [2.24, 2.45) is 0 Å². The van der Waals surface area contributed by atoms with Crippen molar-refractivity contribution in [2.45, 2.75) is 19.4 Å². The molecule has 0 aromatic heterocycles. The van der Waals surface area contributed by atoms with Gasteiger partial charge < -0.3 is 0 Å². The Morgan fingerprint density at radius 2 is 1.73 bits per heavy atom. The van der Waals surface area contributed by atoms with Crippen molar-refractivity contribution in [1.29, 1.82) is 0 Å². The maximum Gasteiger partial charge on any atom is 0.234 e. The third-order valence-corrected chi connectivity index (χ3v) is 4.86. The molecular weight excluding hydrogens is 362 g/mol. The summed E-state index contributed by atoms with van der Waals surface area (Å²) in [7, 11) is -3.49.